The minimum absolute atomic E-state index is 0.448. The standard InChI is InChI=1S/C23H26N2/c1-6-18-9-7-10-19(15-18)23-24-13-14-25(23)22-20(16(2)3)11-8-12-21(22)17(4)5/h6-17H,1H2,2-5H3. The Kier molecular flexibility index (Phi) is 4.89. The van der Waals surface area contributed by atoms with E-state index in [0.29, 0.717) is 11.8 Å². The number of rotatable bonds is 5. The first-order valence-corrected chi connectivity index (χ1v) is 8.92. The van der Waals surface area contributed by atoms with Gasteiger partial charge in [0, 0.05) is 18.0 Å². The molecule has 0 saturated carbocycles. The van der Waals surface area contributed by atoms with Gasteiger partial charge in [0.1, 0.15) is 5.82 Å². The van der Waals surface area contributed by atoms with Gasteiger partial charge in [0.15, 0.2) is 0 Å². The number of imidazole rings is 1. The first-order valence-electron chi connectivity index (χ1n) is 8.92. The molecule has 0 amide bonds. The van der Waals surface area contributed by atoms with Gasteiger partial charge >= 0.3 is 0 Å². The highest BCUT2D eigenvalue weighted by Gasteiger charge is 2.18. The molecule has 0 saturated heterocycles. The maximum atomic E-state index is 4.67. The second kappa shape index (κ2) is 7.10. The second-order valence-electron chi connectivity index (χ2n) is 7.04. The summed E-state index contributed by atoms with van der Waals surface area (Å²) in [6.07, 6.45) is 5.83. The third-order valence-electron chi connectivity index (χ3n) is 4.60. The number of para-hydroxylation sites is 1. The van der Waals surface area contributed by atoms with Crippen molar-refractivity contribution in [2.45, 2.75) is 39.5 Å². The Bertz CT molecular complexity index is 858. The van der Waals surface area contributed by atoms with Crippen molar-refractivity contribution in [2.24, 2.45) is 0 Å². The van der Waals surface area contributed by atoms with Crippen LogP contribution in [0.5, 0.6) is 0 Å². The number of benzene rings is 2. The van der Waals surface area contributed by atoms with Gasteiger partial charge in [-0.25, -0.2) is 4.98 Å². The van der Waals surface area contributed by atoms with Crippen molar-refractivity contribution in [1.29, 1.82) is 0 Å². The molecule has 0 aliphatic carbocycles. The van der Waals surface area contributed by atoms with Gasteiger partial charge in [0.25, 0.3) is 0 Å². The lowest BCUT2D eigenvalue weighted by Crippen LogP contribution is -2.07. The van der Waals surface area contributed by atoms with Gasteiger partial charge in [-0.3, -0.25) is 4.57 Å². The molecule has 2 heteroatoms. The van der Waals surface area contributed by atoms with E-state index in [-0.39, 0.29) is 0 Å². The van der Waals surface area contributed by atoms with Crippen LogP contribution in [0.3, 0.4) is 0 Å². The molecule has 25 heavy (non-hydrogen) atoms. The van der Waals surface area contributed by atoms with Gasteiger partial charge in [-0.05, 0) is 34.6 Å². The molecule has 0 N–H and O–H groups in total. The molecule has 128 valence electrons. The third kappa shape index (κ3) is 3.30. The molecular formula is C23H26N2. The Labute approximate surface area is 150 Å². The van der Waals surface area contributed by atoms with E-state index in [1.807, 2.05) is 12.3 Å². The first kappa shape index (κ1) is 17.2. The van der Waals surface area contributed by atoms with E-state index in [0.717, 1.165) is 17.0 Å². The van der Waals surface area contributed by atoms with Gasteiger partial charge in [0.05, 0.1) is 5.69 Å². The SMILES string of the molecule is C=Cc1cccc(-c2nccn2-c2c(C(C)C)cccc2C(C)C)c1. The molecule has 0 aliphatic rings. The predicted octanol–water partition coefficient (Wildman–Crippen LogP) is 6.43. The smallest absolute Gasteiger partial charge is 0.144 e. The predicted molar refractivity (Wildman–Crippen MR) is 107 cm³/mol. The van der Waals surface area contributed by atoms with Crippen LogP contribution in [0.2, 0.25) is 0 Å². The van der Waals surface area contributed by atoms with Crippen LogP contribution >= 0.6 is 0 Å². The van der Waals surface area contributed by atoms with Gasteiger partial charge in [0.2, 0.25) is 0 Å². The largest absolute Gasteiger partial charge is 0.299 e. The van der Waals surface area contributed by atoms with E-state index in [1.54, 1.807) is 0 Å². The Balaban J connectivity index is 2.25. The maximum absolute atomic E-state index is 4.67. The van der Waals surface area contributed by atoms with Crippen molar-refractivity contribution >= 4 is 6.08 Å². The average molecular weight is 330 g/mol. The van der Waals surface area contributed by atoms with Crippen LogP contribution in [0.25, 0.3) is 23.2 Å². The Morgan fingerprint density at radius 3 is 2.20 bits per heavy atom. The highest BCUT2D eigenvalue weighted by molar-refractivity contribution is 5.65. The van der Waals surface area contributed by atoms with Crippen LogP contribution in [-0.2, 0) is 0 Å². The molecule has 3 aromatic rings. The minimum atomic E-state index is 0.448. The average Bonchev–Trinajstić information content (AvgIpc) is 3.10. The Hall–Kier alpha value is -2.61. The molecule has 0 atom stereocenters. The molecule has 3 rings (SSSR count). The van der Waals surface area contributed by atoms with E-state index in [4.69, 9.17) is 0 Å². The molecular weight excluding hydrogens is 304 g/mol. The molecule has 1 aromatic heterocycles. The van der Waals surface area contributed by atoms with Crippen LogP contribution in [0.4, 0.5) is 0 Å². The van der Waals surface area contributed by atoms with E-state index in [1.165, 1.54) is 16.8 Å². The topological polar surface area (TPSA) is 17.8 Å². The molecule has 1 heterocycles. The van der Waals surface area contributed by atoms with Crippen LogP contribution in [0.1, 0.15) is 56.2 Å². The summed E-state index contributed by atoms with van der Waals surface area (Å²) in [6, 6.07) is 15.0. The van der Waals surface area contributed by atoms with Crippen molar-refractivity contribution in [2.75, 3.05) is 0 Å². The van der Waals surface area contributed by atoms with Crippen LogP contribution in [0.15, 0.2) is 61.4 Å². The lowest BCUT2D eigenvalue weighted by atomic mass is 9.92. The van der Waals surface area contributed by atoms with Crippen LogP contribution in [0, 0.1) is 0 Å². The monoisotopic (exact) mass is 330 g/mol. The zero-order valence-corrected chi connectivity index (χ0v) is 15.5. The summed E-state index contributed by atoms with van der Waals surface area (Å²) in [5, 5.41) is 0. The summed E-state index contributed by atoms with van der Waals surface area (Å²) < 4.78 is 2.24. The minimum Gasteiger partial charge on any atom is -0.299 e. The summed E-state index contributed by atoms with van der Waals surface area (Å²) in [5.41, 5.74) is 6.18. The zero-order valence-electron chi connectivity index (χ0n) is 15.5. The third-order valence-corrected chi connectivity index (χ3v) is 4.60. The van der Waals surface area contributed by atoms with Crippen molar-refractivity contribution < 1.29 is 0 Å². The Morgan fingerprint density at radius 2 is 1.60 bits per heavy atom. The molecule has 0 radical (unpaired) electrons. The fraction of sp³-hybridized carbons (Fsp3) is 0.261. The second-order valence-corrected chi connectivity index (χ2v) is 7.04. The fourth-order valence-corrected chi connectivity index (χ4v) is 3.29. The van der Waals surface area contributed by atoms with E-state index in [2.05, 4.69) is 92.5 Å². The van der Waals surface area contributed by atoms with Crippen molar-refractivity contribution in [3.63, 3.8) is 0 Å². The van der Waals surface area contributed by atoms with Crippen molar-refractivity contribution in [3.8, 4) is 17.1 Å². The van der Waals surface area contributed by atoms with Gasteiger partial charge in [-0.15, -0.1) is 0 Å². The molecule has 2 nitrogen and oxygen atoms in total. The van der Waals surface area contributed by atoms with E-state index in [9.17, 15) is 0 Å². The summed E-state index contributed by atoms with van der Waals surface area (Å²) in [7, 11) is 0. The van der Waals surface area contributed by atoms with Crippen LogP contribution in [-0.4, -0.2) is 9.55 Å². The fourth-order valence-electron chi connectivity index (χ4n) is 3.29. The normalized spacial score (nSPS) is 11.3. The number of hydrogen-bond acceptors (Lipinski definition) is 1. The van der Waals surface area contributed by atoms with Crippen molar-refractivity contribution in [1.82, 2.24) is 9.55 Å². The summed E-state index contributed by atoms with van der Waals surface area (Å²) in [4.78, 5) is 4.67. The first-order chi connectivity index (χ1) is 12.0. The maximum Gasteiger partial charge on any atom is 0.144 e. The lowest BCUT2D eigenvalue weighted by molar-refractivity contribution is 0.807. The van der Waals surface area contributed by atoms with Crippen LogP contribution < -0.4 is 0 Å². The molecule has 0 spiro atoms. The Morgan fingerprint density at radius 1 is 0.960 bits per heavy atom. The molecule has 2 aromatic carbocycles. The molecule has 0 aliphatic heterocycles. The summed E-state index contributed by atoms with van der Waals surface area (Å²) >= 11 is 0. The van der Waals surface area contributed by atoms with Gasteiger partial charge in [-0.2, -0.15) is 0 Å². The van der Waals surface area contributed by atoms with E-state index >= 15 is 0 Å². The number of aromatic nitrogens is 2. The summed E-state index contributed by atoms with van der Waals surface area (Å²) in [5.74, 6) is 1.87. The highest BCUT2D eigenvalue weighted by Crippen LogP contribution is 2.33. The molecule has 0 bridgehead atoms. The molecule has 0 unspecified atom stereocenters. The summed E-state index contributed by atoms with van der Waals surface area (Å²) in [6.45, 7) is 12.9. The number of hydrogen-bond donors (Lipinski definition) is 0. The van der Waals surface area contributed by atoms with Gasteiger partial charge in [-0.1, -0.05) is 76.7 Å². The van der Waals surface area contributed by atoms with Gasteiger partial charge < -0.3 is 0 Å². The zero-order chi connectivity index (χ0) is 18.0. The lowest BCUT2D eigenvalue weighted by Gasteiger charge is -2.21. The highest BCUT2D eigenvalue weighted by atomic mass is 15.1. The quantitative estimate of drug-likeness (QED) is 0.527. The molecule has 0 fully saturated rings. The van der Waals surface area contributed by atoms with E-state index < -0.39 is 0 Å². The number of nitrogens with zero attached hydrogens (tertiary/aromatic N) is 2. The van der Waals surface area contributed by atoms with Crippen molar-refractivity contribution in [3.05, 3.63) is 78.1 Å².